The number of anilines is 1. The molecule has 19 heavy (non-hydrogen) atoms. The van der Waals surface area contributed by atoms with Crippen molar-refractivity contribution in [1.82, 2.24) is 5.32 Å². The lowest BCUT2D eigenvalue weighted by Crippen LogP contribution is -2.47. The van der Waals surface area contributed by atoms with Gasteiger partial charge in [0.25, 0.3) is 5.91 Å². The lowest BCUT2D eigenvalue weighted by molar-refractivity contribution is -0.120. The Bertz CT molecular complexity index is 475. The molecule has 0 spiro atoms. The minimum atomic E-state index is -0.682. The van der Waals surface area contributed by atoms with Gasteiger partial charge in [0.1, 0.15) is 6.04 Å². The summed E-state index contributed by atoms with van der Waals surface area (Å²) in [7, 11) is 0. The number of rotatable bonds is 4. The molecule has 0 aliphatic carbocycles. The molecule has 1 aromatic rings. The Kier molecular flexibility index (Phi) is 6.35. The zero-order valence-electron chi connectivity index (χ0n) is 11.3. The molecular formula is C13H20ClN3O2. The van der Waals surface area contributed by atoms with Crippen LogP contribution in [0.25, 0.3) is 0 Å². The van der Waals surface area contributed by atoms with E-state index >= 15 is 0 Å². The first-order chi connectivity index (χ1) is 8.32. The minimum Gasteiger partial charge on any atom is -0.399 e. The van der Waals surface area contributed by atoms with Gasteiger partial charge in [0.15, 0.2) is 0 Å². The van der Waals surface area contributed by atoms with Gasteiger partial charge >= 0.3 is 0 Å². The molecule has 0 fully saturated rings. The third-order valence-electron chi connectivity index (χ3n) is 2.77. The Labute approximate surface area is 119 Å². The lowest BCUT2D eigenvalue weighted by Gasteiger charge is -2.19. The summed E-state index contributed by atoms with van der Waals surface area (Å²) in [5.41, 5.74) is 12.7. The van der Waals surface area contributed by atoms with E-state index in [2.05, 4.69) is 5.32 Å². The van der Waals surface area contributed by atoms with Crippen molar-refractivity contribution in [2.75, 3.05) is 5.73 Å². The molecule has 106 valence electrons. The molecule has 5 nitrogen and oxygen atoms in total. The van der Waals surface area contributed by atoms with Gasteiger partial charge in [0.05, 0.1) is 0 Å². The van der Waals surface area contributed by atoms with Gasteiger partial charge in [-0.05, 0) is 30.5 Å². The first-order valence-electron chi connectivity index (χ1n) is 5.79. The van der Waals surface area contributed by atoms with Gasteiger partial charge in [-0.25, -0.2) is 0 Å². The van der Waals surface area contributed by atoms with E-state index < -0.39 is 11.9 Å². The number of nitrogens with two attached hydrogens (primary N) is 2. The predicted molar refractivity (Wildman–Crippen MR) is 78.1 cm³/mol. The fraction of sp³-hybridized carbons (Fsp3) is 0.385. The summed E-state index contributed by atoms with van der Waals surface area (Å²) in [6.45, 7) is 5.45. The van der Waals surface area contributed by atoms with Gasteiger partial charge in [0, 0.05) is 11.3 Å². The topological polar surface area (TPSA) is 98.2 Å². The molecule has 0 heterocycles. The maximum absolute atomic E-state index is 12.1. The van der Waals surface area contributed by atoms with E-state index in [1.807, 2.05) is 20.8 Å². The van der Waals surface area contributed by atoms with Crippen LogP contribution in [0.2, 0.25) is 0 Å². The third kappa shape index (κ3) is 4.44. The quantitative estimate of drug-likeness (QED) is 0.726. The number of nitrogen functional groups attached to an aromatic ring is 1. The van der Waals surface area contributed by atoms with Gasteiger partial charge in [-0.1, -0.05) is 19.9 Å². The van der Waals surface area contributed by atoms with Gasteiger partial charge < -0.3 is 16.8 Å². The van der Waals surface area contributed by atoms with E-state index in [1.54, 1.807) is 18.2 Å². The normalized spacial score (nSPS) is 11.6. The number of aryl methyl sites for hydroxylation is 1. The van der Waals surface area contributed by atoms with Gasteiger partial charge in [-0.15, -0.1) is 12.4 Å². The number of carbonyl (C=O) groups excluding carboxylic acids is 2. The largest absolute Gasteiger partial charge is 0.399 e. The van der Waals surface area contributed by atoms with Crippen LogP contribution in [0, 0.1) is 12.8 Å². The Morgan fingerprint density at radius 1 is 1.26 bits per heavy atom. The number of primary amides is 1. The highest BCUT2D eigenvalue weighted by atomic mass is 35.5. The molecule has 1 rings (SSSR count). The van der Waals surface area contributed by atoms with Crippen LogP contribution in [-0.2, 0) is 4.79 Å². The molecule has 6 heteroatoms. The number of hydrogen-bond donors (Lipinski definition) is 3. The van der Waals surface area contributed by atoms with Gasteiger partial charge in [-0.2, -0.15) is 0 Å². The summed E-state index contributed by atoms with van der Waals surface area (Å²) in [5, 5.41) is 2.63. The molecule has 0 aliphatic heterocycles. The SMILES string of the molecule is Cc1ccc(N)cc1C(=O)NC(C(N)=O)C(C)C.Cl. The summed E-state index contributed by atoms with van der Waals surface area (Å²) < 4.78 is 0. The van der Waals surface area contributed by atoms with Gasteiger partial charge in [-0.3, -0.25) is 9.59 Å². The number of benzene rings is 1. The standard InChI is InChI=1S/C13H19N3O2.ClH/c1-7(2)11(12(15)17)16-13(18)10-6-9(14)5-4-8(10)3;/h4-7,11H,14H2,1-3H3,(H2,15,17)(H,16,18);1H. The van der Waals surface area contributed by atoms with Crippen molar-refractivity contribution in [3.63, 3.8) is 0 Å². The molecule has 1 unspecified atom stereocenters. The van der Waals surface area contributed by atoms with Crippen LogP contribution in [0.4, 0.5) is 5.69 Å². The number of carbonyl (C=O) groups is 2. The number of hydrogen-bond acceptors (Lipinski definition) is 3. The Hall–Kier alpha value is -1.75. The first-order valence-corrected chi connectivity index (χ1v) is 5.79. The van der Waals surface area contributed by atoms with E-state index in [0.717, 1.165) is 5.56 Å². The molecule has 0 saturated carbocycles. The summed E-state index contributed by atoms with van der Waals surface area (Å²) in [6.07, 6.45) is 0. The molecule has 0 radical (unpaired) electrons. The van der Waals surface area contributed by atoms with Crippen molar-refractivity contribution in [2.45, 2.75) is 26.8 Å². The molecule has 0 saturated heterocycles. The smallest absolute Gasteiger partial charge is 0.252 e. The van der Waals surface area contributed by atoms with E-state index in [1.165, 1.54) is 0 Å². The average Bonchev–Trinajstić information content (AvgIpc) is 2.28. The maximum Gasteiger partial charge on any atom is 0.252 e. The molecule has 0 bridgehead atoms. The van der Waals surface area contributed by atoms with Crippen LogP contribution in [0.1, 0.15) is 29.8 Å². The summed E-state index contributed by atoms with van der Waals surface area (Å²) in [6, 6.07) is 4.39. The van der Waals surface area contributed by atoms with Crippen molar-refractivity contribution in [3.05, 3.63) is 29.3 Å². The van der Waals surface area contributed by atoms with Crippen LogP contribution in [0.3, 0.4) is 0 Å². The number of amides is 2. The zero-order chi connectivity index (χ0) is 13.9. The van der Waals surface area contributed by atoms with Crippen LogP contribution in [0.5, 0.6) is 0 Å². The maximum atomic E-state index is 12.1. The van der Waals surface area contributed by atoms with E-state index in [4.69, 9.17) is 11.5 Å². The number of nitrogens with one attached hydrogen (secondary N) is 1. The molecular weight excluding hydrogens is 266 g/mol. The van der Waals surface area contributed by atoms with Crippen molar-refractivity contribution >= 4 is 29.9 Å². The highest BCUT2D eigenvalue weighted by molar-refractivity contribution is 5.99. The average molecular weight is 286 g/mol. The van der Waals surface area contributed by atoms with Crippen LogP contribution in [-0.4, -0.2) is 17.9 Å². The van der Waals surface area contributed by atoms with Crippen LogP contribution >= 0.6 is 12.4 Å². The fourth-order valence-corrected chi connectivity index (χ4v) is 1.67. The molecule has 0 aromatic heterocycles. The highest BCUT2D eigenvalue weighted by Crippen LogP contribution is 2.13. The van der Waals surface area contributed by atoms with Crippen molar-refractivity contribution in [2.24, 2.45) is 11.7 Å². The minimum absolute atomic E-state index is 0. The third-order valence-corrected chi connectivity index (χ3v) is 2.77. The first kappa shape index (κ1) is 17.2. The number of halogens is 1. The van der Waals surface area contributed by atoms with Gasteiger partial charge in [0.2, 0.25) is 5.91 Å². The second kappa shape index (κ2) is 6.99. The summed E-state index contributed by atoms with van der Waals surface area (Å²) >= 11 is 0. The monoisotopic (exact) mass is 285 g/mol. The van der Waals surface area contributed by atoms with Crippen LogP contribution < -0.4 is 16.8 Å². The molecule has 1 atom stereocenters. The molecule has 0 aliphatic rings. The van der Waals surface area contributed by atoms with Crippen molar-refractivity contribution in [1.29, 1.82) is 0 Å². The second-order valence-corrected chi connectivity index (χ2v) is 4.67. The molecule has 2 amide bonds. The Morgan fingerprint density at radius 2 is 1.84 bits per heavy atom. The predicted octanol–water partition coefficient (Wildman–Crippen LogP) is 1.24. The second-order valence-electron chi connectivity index (χ2n) is 4.67. The fourth-order valence-electron chi connectivity index (χ4n) is 1.67. The summed E-state index contributed by atoms with van der Waals surface area (Å²) in [5.74, 6) is -0.940. The molecule has 5 N–H and O–H groups in total. The van der Waals surface area contributed by atoms with E-state index in [0.29, 0.717) is 11.3 Å². The van der Waals surface area contributed by atoms with Crippen molar-refractivity contribution in [3.8, 4) is 0 Å². The molecule has 1 aromatic carbocycles. The lowest BCUT2D eigenvalue weighted by atomic mass is 10.0. The van der Waals surface area contributed by atoms with Crippen LogP contribution in [0.15, 0.2) is 18.2 Å². The Morgan fingerprint density at radius 3 is 2.32 bits per heavy atom. The Balaban J connectivity index is 0.00000324. The summed E-state index contributed by atoms with van der Waals surface area (Å²) in [4.78, 5) is 23.3. The zero-order valence-corrected chi connectivity index (χ0v) is 12.1. The highest BCUT2D eigenvalue weighted by Gasteiger charge is 2.22. The van der Waals surface area contributed by atoms with E-state index in [-0.39, 0.29) is 24.2 Å². The van der Waals surface area contributed by atoms with Crippen molar-refractivity contribution < 1.29 is 9.59 Å². The van der Waals surface area contributed by atoms with E-state index in [9.17, 15) is 9.59 Å².